The highest BCUT2D eigenvalue weighted by Crippen LogP contribution is 2.35. The van der Waals surface area contributed by atoms with E-state index in [1.807, 2.05) is 6.92 Å². The molecule has 0 aliphatic carbocycles. The molecule has 2 unspecified atom stereocenters. The summed E-state index contributed by atoms with van der Waals surface area (Å²) in [6.45, 7) is 2.57. The van der Waals surface area contributed by atoms with E-state index in [-0.39, 0.29) is 21.8 Å². The van der Waals surface area contributed by atoms with Gasteiger partial charge in [0.2, 0.25) is 0 Å². The van der Waals surface area contributed by atoms with Gasteiger partial charge in [-0.05, 0) is 25.5 Å². The smallest absolute Gasteiger partial charge is 0.336 e. The van der Waals surface area contributed by atoms with Gasteiger partial charge in [-0.2, -0.15) is 0 Å². The van der Waals surface area contributed by atoms with Crippen molar-refractivity contribution in [2.45, 2.75) is 29.6 Å². The average Bonchev–Trinajstić information content (AvgIpc) is 2.67. The van der Waals surface area contributed by atoms with E-state index >= 15 is 0 Å². The summed E-state index contributed by atoms with van der Waals surface area (Å²) < 4.78 is 19.1. The molecule has 2 atom stereocenters. The van der Waals surface area contributed by atoms with E-state index in [4.69, 9.17) is 9.84 Å². The van der Waals surface area contributed by atoms with Crippen LogP contribution in [0.25, 0.3) is 0 Å². The third kappa shape index (κ3) is 2.61. The summed E-state index contributed by atoms with van der Waals surface area (Å²) in [7, 11) is 0. The number of halogens is 1. The predicted octanol–water partition coefficient (Wildman–Crippen LogP) is 2.79. The van der Waals surface area contributed by atoms with Crippen molar-refractivity contribution >= 4 is 17.7 Å². The van der Waals surface area contributed by atoms with Crippen LogP contribution in [0.3, 0.4) is 0 Å². The van der Waals surface area contributed by atoms with Crippen molar-refractivity contribution in [3.05, 3.63) is 29.6 Å². The molecule has 92 valence electrons. The van der Waals surface area contributed by atoms with Crippen molar-refractivity contribution in [1.29, 1.82) is 0 Å². The molecule has 0 aromatic heterocycles. The highest BCUT2D eigenvalue weighted by atomic mass is 32.2. The first kappa shape index (κ1) is 12.4. The van der Waals surface area contributed by atoms with Gasteiger partial charge in [0.05, 0.1) is 16.6 Å². The molecule has 1 fully saturated rings. The molecule has 2 rings (SSSR count). The first-order chi connectivity index (χ1) is 8.09. The lowest BCUT2D eigenvalue weighted by Crippen LogP contribution is -2.14. The molecule has 0 amide bonds. The fraction of sp³-hybridized carbons (Fsp3) is 0.417. The van der Waals surface area contributed by atoms with Crippen molar-refractivity contribution < 1.29 is 19.0 Å². The fourth-order valence-electron chi connectivity index (χ4n) is 1.82. The third-order valence-electron chi connectivity index (χ3n) is 2.77. The topological polar surface area (TPSA) is 46.5 Å². The van der Waals surface area contributed by atoms with Crippen LogP contribution in [-0.2, 0) is 4.74 Å². The van der Waals surface area contributed by atoms with E-state index in [9.17, 15) is 9.18 Å². The van der Waals surface area contributed by atoms with Gasteiger partial charge < -0.3 is 9.84 Å². The van der Waals surface area contributed by atoms with Crippen molar-refractivity contribution in [3.8, 4) is 0 Å². The van der Waals surface area contributed by atoms with Crippen LogP contribution in [-0.4, -0.2) is 29.0 Å². The molecular weight excluding hydrogens is 243 g/mol. The van der Waals surface area contributed by atoms with E-state index in [2.05, 4.69) is 0 Å². The minimum absolute atomic E-state index is 0.0223. The van der Waals surface area contributed by atoms with Crippen LogP contribution in [0.15, 0.2) is 23.1 Å². The number of hydrogen-bond donors (Lipinski definition) is 1. The number of carboxylic acids is 1. The van der Waals surface area contributed by atoms with Crippen molar-refractivity contribution in [3.63, 3.8) is 0 Å². The lowest BCUT2D eigenvalue weighted by molar-refractivity contribution is 0.0692. The number of benzene rings is 1. The second kappa shape index (κ2) is 5.06. The van der Waals surface area contributed by atoms with Gasteiger partial charge in [0.15, 0.2) is 0 Å². The summed E-state index contributed by atoms with van der Waals surface area (Å²) in [5.74, 6) is -1.58. The van der Waals surface area contributed by atoms with Crippen LogP contribution in [0, 0.1) is 5.82 Å². The number of hydrogen-bond acceptors (Lipinski definition) is 3. The Kier molecular flexibility index (Phi) is 3.69. The number of aromatic carboxylic acids is 1. The van der Waals surface area contributed by atoms with Gasteiger partial charge in [-0.3, -0.25) is 0 Å². The number of carbonyl (C=O) groups is 1. The van der Waals surface area contributed by atoms with Crippen LogP contribution in [0.1, 0.15) is 23.7 Å². The molecule has 1 heterocycles. The van der Waals surface area contributed by atoms with E-state index in [1.54, 1.807) is 0 Å². The maximum absolute atomic E-state index is 13.7. The minimum Gasteiger partial charge on any atom is -0.478 e. The molecule has 1 aromatic carbocycles. The molecule has 0 saturated carbocycles. The predicted molar refractivity (Wildman–Crippen MR) is 63.0 cm³/mol. The Balaban J connectivity index is 2.27. The van der Waals surface area contributed by atoms with Crippen LogP contribution < -0.4 is 0 Å². The number of rotatable bonds is 3. The second-order valence-corrected chi connectivity index (χ2v) is 5.19. The molecule has 17 heavy (non-hydrogen) atoms. The zero-order valence-corrected chi connectivity index (χ0v) is 10.2. The maximum Gasteiger partial charge on any atom is 0.336 e. The quantitative estimate of drug-likeness (QED) is 0.903. The van der Waals surface area contributed by atoms with E-state index in [1.165, 1.54) is 30.0 Å². The van der Waals surface area contributed by atoms with Gasteiger partial charge in [-0.1, -0.05) is 6.07 Å². The summed E-state index contributed by atoms with van der Waals surface area (Å²) in [5.41, 5.74) is 0.0223. The van der Waals surface area contributed by atoms with Gasteiger partial charge in [0.25, 0.3) is 0 Å². The zero-order valence-electron chi connectivity index (χ0n) is 9.35. The molecule has 1 saturated heterocycles. The second-order valence-electron chi connectivity index (χ2n) is 3.94. The normalized spacial score (nSPS) is 23.9. The molecule has 5 heteroatoms. The van der Waals surface area contributed by atoms with Gasteiger partial charge >= 0.3 is 5.97 Å². The molecule has 1 N–H and O–H groups in total. The van der Waals surface area contributed by atoms with Crippen molar-refractivity contribution in [2.24, 2.45) is 0 Å². The monoisotopic (exact) mass is 256 g/mol. The summed E-state index contributed by atoms with van der Waals surface area (Å²) in [6.07, 6.45) is 0.848. The maximum atomic E-state index is 13.7. The van der Waals surface area contributed by atoms with Crippen molar-refractivity contribution in [2.75, 3.05) is 6.61 Å². The Bertz CT molecular complexity index is 436. The molecule has 0 bridgehead atoms. The summed E-state index contributed by atoms with van der Waals surface area (Å²) >= 11 is 1.26. The van der Waals surface area contributed by atoms with Gasteiger partial charge in [0, 0.05) is 11.9 Å². The van der Waals surface area contributed by atoms with Gasteiger partial charge in [0.1, 0.15) is 5.82 Å². The highest BCUT2D eigenvalue weighted by molar-refractivity contribution is 8.00. The van der Waals surface area contributed by atoms with E-state index in [0.29, 0.717) is 6.61 Å². The van der Waals surface area contributed by atoms with Crippen molar-refractivity contribution in [1.82, 2.24) is 0 Å². The number of thioether (sulfide) groups is 1. The average molecular weight is 256 g/mol. The highest BCUT2D eigenvalue weighted by Gasteiger charge is 2.28. The minimum atomic E-state index is -1.10. The third-order valence-corrected chi connectivity index (χ3v) is 4.35. The lowest BCUT2D eigenvalue weighted by Gasteiger charge is -2.15. The molecular formula is C12H13FO3S. The van der Waals surface area contributed by atoms with Gasteiger partial charge in [-0.25, -0.2) is 9.18 Å². The zero-order chi connectivity index (χ0) is 12.4. The Morgan fingerprint density at radius 2 is 2.35 bits per heavy atom. The Morgan fingerprint density at radius 1 is 1.59 bits per heavy atom. The van der Waals surface area contributed by atoms with E-state index in [0.717, 1.165) is 6.42 Å². The molecule has 1 aromatic rings. The molecule has 1 aliphatic heterocycles. The number of ether oxygens (including phenoxy) is 1. The van der Waals surface area contributed by atoms with Crippen LogP contribution in [0.2, 0.25) is 0 Å². The van der Waals surface area contributed by atoms with Crippen LogP contribution in [0.4, 0.5) is 4.39 Å². The fourth-order valence-corrected chi connectivity index (χ4v) is 3.07. The standard InChI is InChI=1S/C12H13FO3S/c1-7-10(5-6-16-7)17-11-8(12(14)15)3-2-4-9(11)13/h2-4,7,10H,5-6H2,1H3,(H,14,15). The molecule has 1 aliphatic rings. The largest absolute Gasteiger partial charge is 0.478 e. The molecule has 0 radical (unpaired) electrons. The van der Waals surface area contributed by atoms with Crippen LogP contribution in [0.5, 0.6) is 0 Å². The summed E-state index contributed by atoms with van der Waals surface area (Å²) in [6, 6.07) is 4.13. The SMILES string of the molecule is CC1OCCC1Sc1c(F)cccc1C(=O)O. The summed E-state index contributed by atoms with van der Waals surface area (Å²) in [5, 5.41) is 9.13. The lowest BCUT2D eigenvalue weighted by atomic mass is 10.2. The first-order valence-electron chi connectivity index (χ1n) is 5.39. The number of carboxylic acid groups (broad SMARTS) is 1. The van der Waals surface area contributed by atoms with Gasteiger partial charge in [-0.15, -0.1) is 11.8 Å². The Hall–Kier alpha value is -1.07. The Labute approximate surface area is 103 Å². The van der Waals surface area contributed by atoms with E-state index < -0.39 is 11.8 Å². The first-order valence-corrected chi connectivity index (χ1v) is 6.27. The molecule has 3 nitrogen and oxygen atoms in total. The molecule has 0 spiro atoms. The summed E-state index contributed by atoms with van der Waals surface area (Å²) in [4.78, 5) is 11.2. The van der Waals surface area contributed by atoms with Crippen LogP contribution >= 0.6 is 11.8 Å². The Morgan fingerprint density at radius 3 is 2.94 bits per heavy atom.